The highest BCUT2D eigenvalue weighted by atomic mass is 16.5. The molecule has 3 heteroatoms. The molecule has 0 bridgehead atoms. The number of ether oxygens (including phenoxy) is 1. The van der Waals surface area contributed by atoms with Gasteiger partial charge in [-0.3, -0.25) is 4.79 Å². The molecule has 0 aliphatic rings. The van der Waals surface area contributed by atoms with Crippen molar-refractivity contribution in [3.05, 3.63) is 29.8 Å². The summed E-state index contributed by atoms with van der Waals surface area (Å²) in [6.07, 6.45) is 4.86. The van der Waals surface area contributed by atoms with E-state index in [2.05, 4.69) is 12.2 Å². The van der Waals surface area contributed by atoms with Gasteiger partial charge in [-0.15, -0.1) is 0 Å². The molecule has 1 aromatic carbocycles. The van der Waals surface area contributed by atoms with Crippen LogP contribution in [0.3, 0.4) is 0 Å². The molecule has 0 aliphatic heterocycles. The van der Waals surface area contributed by atoms with Crippen LogP contribution in [0.4, 0.5) is 0 Å². The Morgan fingerprint density at radius 2 is 2.00 bits per heavy atom. The minimum Gasteiger partial charge on any atom is -0.496 e. The Balaban J connectivity index is 2.32. The fourth-order valence-electron chi connectivity index (χ4n) is 1.85. The molecule has 0 aliphatic carbocycles. The summed E-state index contributed by atoms with van der Waals surface area (Å²) >= 11 is 0. The van der Waals surface area contributed by atoms with Gasteiger partial charge in [0.05, 0.1) is 19.2 Å². The lowest BCUT2D eigenvalue weighted by Crippen LogP contribution is -2.24. The van der Waals surface area contributed by atoms with Gasteiger partial charge in [0.1, 0.15) is 5.75 Å². The van der Waals surface area contributed by atoms with Crippen LogP contribution in [0.1, 0.15) is 43.0 Å². The van der Waals surface area contributed by atoms with Gasteiger partial charge in [0.2, 0.25) is 0 Å². The lowest BCUT2D eigenvalue weighted by Gasteiger charge is -2.08. The van der Waals surface area contributed by atoms with Gasteiger partial charge >= 0.3 is 0 Å². The molecule has 100 valence electrons. The van der Waals surface area contributed by atoms with Gasteiger partial charge in [-0.1, -0.05) is 38.3 Å². The summed E-state index contributed by atoms with van der Waals surface area (Å²) in [7, 11) is 1.59. The molecule has 1 aromatic rings. The van der Waals surface area contributed by atoms with E-state index in [0.29, 0.717) is 17.9 Å². The third-order valence-corrected chi connectivity index (χ3v) is 2.90. The van der Waals surface area contributed by atoms with Crippen molar-refractivity contribution < 1.29 is 9.53 Å². The van der Waals surface area contributed by atoms with E-state index in [9.17, 15) is 4.79 Å². The van der Waals surface area contributed by atoms with Crippen molar-refractivity contribution in [2.24, 2.45) is 0 Å². The molecule has 0 saturated carbocycles. The maximum atomic E-state index is 12.0. The second-order valence-corrected chi connectivity index (χ2v) is 4.36. The molecular formula is C15H23NO2. The molecule has 1 N–H and O–H groups in total. The fraction of sp³-hybridized carbons (Fsp3) is 0.533. The summed E-state index contributed by atoms with van der Waals surface area (Å²) in [5, 5.41) is 3.19. The van der Waals surface area contributed by atoms with Gasteiger partial charge in [0.15, 0.2) is 5.78 Å². The van der Waals surface area contributed by atoms with E-state index in [-0.39, 0.29) is 5.78 Å². The summed E-state index contributed by atoms with van der Waals surface area (Å²) in [4.78, 5) is 12.0. The van der Waals surface area contributed by atoms with Crippen molar-refractivity contribution in [3.8, 4) is 5.75 Å². The van der Waals surface area contributed by atoms with Crippen LogP contribution in [-0.2, 0) is 0 Å². The fourth-order valence-corrected chi connectivity index (χ4v) is 1.85. The van der Waals surface area contributed by atoms with Crippen LogP contribution >= 0.6 is 0 Å². The minimum atomic E-state index is 0.0861. The Kier molecular flexibility index (Phi) is 7.11. The number of rotatable bonds is 9. The molecule has 0 unspecified atom stereocenters. The Morgan fingerprint density at radius 3 is 2.72 bits per heavy atom. The predicted molar refractivity (Wildman–Crippen MR) is 74.3 cm³/mol. The summed E-state index contributed by atoms with van der Waals surface area (Å²) in [5.74, 6) is 0.734. The first kappa shape index (κ1) is 14.7. The van der Waals surface area contributed by atoms with Crippen molar-refractivity contribution in [1.29, 1.82) is 0 Å². The Hall–Kier alpha value is -1.35. The zero-order chi connectivity index (χ0) is 13.2. The quantitative estimate of drug-likeness (QED) is 0.540. The number of hydrogen-bond acceptors (Lipinski definition) is 3. The molecule has 0 radical (unpaired) electrons. The Labute approximate surface area is 110 Å². The molecule has 0 aromatic heterocycles. The van der Waals surface area contributed by atoms with Crippen LogP contribution in [0.2, 0.25) is 0 Å². The van der Waals surface area contributed by atoms with E-state index in [1.165, 1.54) is 19.3 Å². The number of methoxy groups -OCH3 is 1. The first-order valence-electron chi connectivity index (χ1n) is 6.66. The molecule has 0 amide bonds. The summed E-state index contributed by atoms with van der Waals surface area (Å²) in [6.45, 7) is 3.48. The number of Topliss-reactive ketones (excluding diaryl/α,β-unsaturated/α-hetero) is 1. The molecule has 1 rings (SSSR count). The van der Waals surface area contributed by atoms with Crippen molar-refractivity contribution in [2.75, 3.05) is 20.2 Å². The maximum Gasteiger partial charge on any atom is 0.180 e. The third-order valence-electron chi connectivity index (χ3n) is 2.90. The zero-order valence-corrected chi connectivity index (χ0v) is 11.4. The van der Waals surface area contributed by atoms with E-state index < -0.39 is 0 Å². The van der Waals surface area contributed by atoms with E-state index >= 15 is 0 Å². The van der Waals surface area contributed by atoms with E-state index in [1.807, 2.05) is 18.2 Å². The highest BCUT2D eigenvalue weighted by Gasteiger charge is 2.10. The Morgan fingerprint density at radius 1 is 1.22 bits per heavy atom. The predicted octanol–water partition coefficient (Wildman–Crippen LogP) is 3.05. The van der Waals surface area contributed by atoms with Crippen molar-refractivity contribution in [2.45, 2.75) is 32.6 Å². The summed E-state index contributed by atoms with van der Waals surface area (Å²) in [6, 6.07) is 7.35. The first-order valence-corrected chi connectivity index (χ1v) is 6.66. The number of ketones is 1. The molecule has 0 atom stereocenters. The smallest absolute Gasteiger partial charge is 0.180 e. The number of para-hydroxylation sites is 1. The molecule has 0 heterocycles. The van der Waals surface area contributed by atoms with Crippen molar-refractivity contribution in [1.82, 2.24) is 5.32 Å². The summed E-state index contributed by atoms with van der Waals surface area (Å²) in [5.41, 5.74) is 0.654. The number of hydrogen-bond donors (Lipinski definition) is 1. The van der Waals surface area contributed by atoms with E-state index in [1.54, 1.807) is 13.2 Å². The second-order valence-electron chi connectivity index (χ2n) is 4.36. The van der Waals surface area contributed by atoms with Crippen molar-refractivity contribution >= 4 is 5.78 Å². The van der Waals surface area contributed by atoms with Gasteiger partial charge < -0.3 is 10.1 Å². The van der Waals surface area contributed by atoms with Gasteiger partial charge in [-0.05, 0) is 25.1 Å². The Bertz CT molecular complexity index is 363. The van der Waals surface area contributed by atoms with Crippen LogP contribution in [0.15, 0.2) is 24.3 Å². The maximum absolute atomic E-state index is 12.0. The highest BCUT2D eigenvalue weighted by Crippen LogP contribution is 2.17. The lowest BCUT2D eigenvalue weighted by molar-refractivity contribution is 0.0988. The van der Waals surface area contributed by atoms with Crippen LogP contribution < -0.4 is 10.1 Å². The normalized spacial score (nSPS) is 10.3. The third kappa shape index (κ3) is 4.88. The van der Waals surface area contributed by atoms with Crippen molar-refractivity contribution in [3.63, 3.8) is 0 Å². The van der Waals surface area contributed by atoms with Crippen LogP contribution in [0.5, 0.6) is 5.75 Å². The molecule has 0 saturated heterocycles. The van der Waals surface area contributed by atoms with Crippen LogP contribution in [0.25, 0.3) is 0 Å². The van der Waals surface area contributed by atoms with E-state index in [4.69, 9.17) is 4.74 Å². The average molecular weight is 249 g/mol. The highest BCUT2D eigenvalue weighted by molar-refractivity contribution is 6.00. The number of carbonyl (C=O) groups is 1. The molecule has 0 spiro atoms. The number of benzene rings is 1. The van der Waals surface area contributed by atoms with Gasteiger partial charge in [0, 0.05) is 0 Å². The minimum absolute atomic E-state index is 0.0861. The van der Waals surface area contributed by atoms with Gasteiger partial charge in [-0.2, -0.15) is 0 Å². The monoisotopic (exact) mass is 249 g/mol. The standard InChI is InChI=1S/C15H23NO2/c1-3-4-5-8-11-16-12-14(17)13-9-6-7-10-15(13)18-2/h6-7,9-10,16H,3-5,8,11-12H2,1-2H3. The summed E-state index contributed by atoms with van der Waals surface area (Å²) < 4.78 is 5.18. The van der Waals surface area contributed by atoms with Gasteiger partial charge in [0.25, 0.3) is 0 Å². The van der Waals surface area contributed by atoms with Crippen LogP contribution in [0, 0.1) is 0 Å². The number of unbranched alkanes of at least 4 members (excludes halogenated alkanes) is 3. The molecule has 3 nitrogen and oxygen atoms in total. The lowest BCUT2D eigenvalue weighted by atomic mass is 10.1. The van der Waals surface area contributed by atoms with Crippen LogP contribution in [-0.4, -0.2) is 26.0 Å². The molecular weight excluding hydrogens is 226 g/mol. The second kappa shape index (κ2) is 8.70. The number of carbonyl (C=O) groups excluding carboxylic acids is 1. The molecule has 0 fully saturated rings. The average Bonchev–Trinajstić information content (AvgIpc) is 2.42. The zero-order valence-electron chi connectivity index (χ0n) is 11.4. The molecule has 18 heavy (non-hydrogen) atoms. The first-order chi connectivity index (χ1) is 8.79. The topological polar surface area (TPSA) is 38.3 Å². The number of nitrogens with one attached hydrogen (secondary N) is 1. The SMILES string of the molecule is CCCCCCNCC(=O)c1ccccc1OC. The van der Waals surface area contributed by atoms with E-state index in [0.717, 1.165) is 13.0 Å². The largest absolute Gasteiger partial charge is 0.496 e. The van der Waals surface area contributed by atoms with Gasteiger partial charge in [-0.25, -0.2) is 0 Å².